The SMILES string of the molecule is CCCCCCCCCCCCCCCCC(=O)NOC. The third-order valence-corrected chi connectivity index (χ3v) is 3.97. The van der Waals surface area contributed by atoms with Crippen molar-refractivity contribution in [1.29, 1.82) is 0 Å². The molecule has 3 heteroatoms. The van der Waals surface area contributed by atoms with Crippen LogP contribution in [0.1, 0.15) is 103 Å². The average Bonchev–Trinajstić information content (AvgIpc) is 2.48. The molecule has 0 aromatic carbocycles. The highest BCUT2D eigenvalue weighted by Crippen LogP contribution is 2.13. The molecule has 21 heavy (non-hydrogen) atoms. The molecular formula is C18H37NO2. The maximum atomic E-state index is 11.1. The van der Waals surface area contributed by atoms with Crippen LogP contribution in [0.2, 0.25) is 0 Å². The van der Waals surface area contributed by atoms with Gasteiger partial charge < -0.3 is 0 Å². The van der Waals surface area contributed by atoms with E-state index in [1.165, 1.54) is 84.2 Å². The van der Waals surface area contributed by atoms with Crippen LogP contribution in [-0.2, 0) is 9.63 Å². The van der Waals surface area contributed by atoms with Gasteiger partial charge in [0.2, 0.25) is 5.91 Å². The molecule has 0 aromatic rings. The van der Waals surface area contributed by atoms with Crippen LogP contribution in [-0.4, -0.2) is 13.0 Å². The third-order valence-electron chi connectivity index (χ3n) is 3.97. The van der Waals surface area contributed by atoms with Crippen molar-refractivity contribution >= 4 is 5.91 Å². The van der Waals surface area contributed by atoms with E-state index in [2.05, 4.69) is 17.2 Å². The van der Waals surface area contributed by atoms with Crippen molar-refractivity contribution in [2.45, 2.75) is 103 Å². The predicted octanol–water partition coefficient (Wildman–Crippen LogP) is 5.54. The lowest BCUT2D eigenvalue weighted by atomic mass is 10.0. The number of nitrogens with one attached hydrogen (secondary N) is 1. The van der Waals surface area contributed by atoms with Crippen molar-refractivity contribution in [3.05, 3.63) is 0 Å². The Bertz CT molecular complexity index is 219. The summed E-state index contributed by atoms with van der Waals surface area (Å²) in [6, 6.07) is 0. The van der Waals surface area contributed by atoms with Gasteiger partial charge in [-0.2, -0.15) is 0 Å². The minimum Gasteiger partial charge on any atom is -0.277 e. The van der Waals surface area contributed by atoms with E-state index in [9.17, 15) is 4.79 Å². The highest BCUT2D eigenvalue weighted by atomic mass is 16.6. The van der Waals surface area contributed by atoms with Crippen LogP contribution in [0.5, 0.6) is 0 Å². The lowest BCUT2D eigenvalue weighted by molar-refractivity contribution is -0.131. The van der Waals surface area contributed by atoms with Crippen molar-refractivity contribution < 1.29 is 9.63 Å². The van der Waals surface area contributed by atoms with Gasteiger partial charge in [0.15, 0.2) is 0 Å². The van der Waals surface area contributed by atoms with E-state index >= 15 is 0 Å². The Labute approximate surface area is 132 Å². The molecule has 0 heterocycles. The summed E-state index contributed by atoms with van der Waals surface area (Å²) in [6.07, 6.45) is 19.4. The molecule has 0 rings (SSSR count). The first-order valence-electron chi connectivity index (χ1n) is 9.13. The minimum atomic E-state index is -0.00330. The molecule has 0 bridgehead atoms. The second-order valence-electron chi connectivity index (χ2n) is 6.08. The molecular weight excluding hydrogens is 262 g/mol. The maximum Gasteiger partial charge on any atom is 0.243 e. The summed E-state index contributed by atoms with van der Waals surface area (Å²) in [5, 5.41) is 0. The van der Waals surface area contributed by atoms with Gasteiger partial charge >= 0.3 is 0 Å². The summed E-state index contributed by atoms with van der Waals surface area (Å²) in [7, 11) is 1.48. The first kappa shape index (κ1) is 20.4. The highest BCUT2D eigenvalue weighted by molar-refractivity contribution is 5.74. The van der Waals surface area contributed by atoms with Gasteiger partial charge in [-0.25, -0.2) is 5.48 Å². The van der Waals surface area contributed by atoms with Gasteiger partial charge in [0.25, 0.3) is 0 Å². The van der Waals surface area contributed by atoms with E-state index in [1.807, 2.05) is 0 Å². The lowest BCUT2D eigenvalue weighted by Crippen LogP contribution is -2.21. The zero-order valence-electron chi connectivity index (χ0n) is 14.4. The Kier molecular flexibility index (Phi) is 17.0. The lowest BCUT2D eigenvalue weighted by Gasteiger charge is -2.03. The Balaban J connectivity index is 3.01. The molecule has 1 amide bonds. The fourth-order valence-corrected chi connectivity index (χ4v) is 2.64. The highest BCUT2D eigenvalue weighted by Gasteiger charge is 1.99. The first-order valence-corrected chi connectivity index (χ1v) is 9.13. The Morgan fingerprint density at radius 3 is 1.48 bits per heavy atom. The summed E-state index contributed by atoms with van der Waals surface area (Å²) in [5.41, 5.74) is 2.35. The van der Waals surface area contributed by atoms with E-state index in [0.717, 1.165) is 12.8 Å². The molecule has 0 aromatic heterocycles. The van der Waals surface area contributed by atoms with Crippen molar-refractivity contribution in [1.82, 2.24) is 5.48 Å². The molecule has 0 saturated carbocycles. The van der Waals surface area contributed by atoms with E-state index in [0.29, 0.717) is 6.42 Å². The average molecular weight is 299 g/mol. The standard InChI is InChI=1S/C18H37NO2/c1-3-4-5-6-7-8-9-10-11-12-13-14-15-16-17-18(20)19-21-2/h3-17H2,1-2H3,(H,19,20). The summed E-state index contributed by atoms with van der Waals surface area (Å²) < 4.78 is 0. The Hall–Kier alpha value is -0.570. The predicted molar refractivity (Wildman–Crippen MR) is 90.1 cm³/mol. The molecule has 0 atom stereocenters. The fraction of sp³-hybridized carbons (Fsp3) is 0.944. The summed E-state index contributed by atoms with van der Waals surface area (Å²) in [4.78, 5) is 15.7. The van der Waals surface area contributed by atoms with E-state index in [-0.39, 0.29) is 5.91 Å². The van der Waals surface area contributed by atoms with Crippen LogP contribution < -0.4 is 5.48 Å². The van der Waals surface area contributed by atoms with Gasteiger partial charge in [-0.3, -0.25) is 9.63 Å². The van der Waals surface area contributed by atoms with Crippen LogP contribution in [0.15, 0.2) is 0 Å². The number of hydroxylamine groups is 1. The van der Waals surface area contributed by atoms with Gasteiger partial charge in [0, 0.05) is 6.42 Å². The monoisotopic (exact) mass is 299 g/mol. The molecule has 1 N–H and O–H groups in total. The van der Waals surface area contributed by atoms with E-state index in [1.54, 1.807) is 0 Å². The van der Waals surface area contributed by atoms with Gasteiger partial charge in [-0.05, 0) is 6.42 Å². The van der Waals surface area contributed by atoms with Gasteiger partial charge in [-0.15, -0.1) is 0 Å². The molecule has 0 aliphatic carbocycles. The Morgan fingerprint density at radius 2 is 1.10 bits per heavy atom. The number of rotatable bonds is 16. The number of carbonyl (C=O) groups excluding carboxylic acids is 1. The number of unbranched alkanes of at least 4 members (excludes halogenated alkanes) is 13. The Morgan fingerprint density at radius 1 is 0.714 bits per heavy atom. The van der Waals surface area contributed by atoms with E-state index < -0.39 is 0 Å². The first-order chi connectivity index (χ1) is 10.3. The van der Waals surface area contributed by atoms with Crippen molar-refractivity contribution in [2.24, 2.45) is 0 Å². The normalized spacial score (nSPS) is 10.8. The van der Waals surface area contributed by atoms with Crippen molar-refractivity contribution in [2.75, 3.05) is 7.11 Å². The minimum absolute atomic E-state index is 0.00330. The quantitative estimate of drug-likeness (QED) is 0.300. The number of carbonyl (C=O) groups is 1. The molecule has 0 aliphatic rings. The van der Waals surface area contributed by atoms with Crippen LogP contribution in [0.3, 0.4) is 0 Å². The molecule has 0 saturated heterocycles. The zero-order valence-corrected chi connectivity index (χ0v) is 14.4. The number of hydrogen-bond acceptors (Lipinski definition) is 2. The summed E-state index contributed by atoms with van der Waals surface area (Å²) >= 11 is 0. The fourth-order valence-electron chi connectivity index (χ4n) is 2.64. The second-order valence-corrected chi connectivity index (χ2v) is 6.08. The van der Waals surface area contributed by atoms with Crippen LogP contribution in [0.4, 0.5) is 0 Å². The van der Waals surface area contributed by atoms with Crippen LogP contribution >= 0.6 is 0 Å². The third kappa shape index (κ3) is 17.4. The van der Waals surface area contributed by atoms with E-state index in [4.69, 9.17) is 0 Å². The molecule has 0 fully saturated rings. The van der Waals surface area contributed by atoms with Gasteiger partial charge in [0.1, 0.15) is 0 Å². The molecule has 0 unspecified atom stereocenters. The smallest absolute Gasteiger partial charge is 0.243 e. The second kappa shape index (κ2) is 17.5. The zero-order chi connectivity index (χ0) is 15.6. The largest absolute Gasteiger partial charge is 0.277 e. The molecule has 0 spiro atoms. The molecule has 3 nitrogen and oxygen atoms in total. The summed E-state index contributed by atoms with van der Waals surface area (Å²) in [5.74, 6) is -0.00330. The van der Waals surface area contributed by atoms with Crippen LogP contribution in [0, 0.1) is 0 Å². The maximum absolute atomic E-state index is 11.1. The van der Waals surface area contributed by atoms with Crippen molar-refractivity contribution in [3.63, 3.8) is 0 Å². The topological polar surface area (TPSA) is 38.3 Å². The van der Waals surface area contributed by atoms with Crippen molar-refractivity contribution in [3.8, 4) is 0 Å². The molecule has 126 valence electrons. The molecule has 0 radical (unpaired) electrons. The summed E-state index contributed by atoms with van der Waals surface area (Å²) in [6.45, 7) is 2.27. The number of hydrogen-bond donors (Lipinski definition) is 1. The number of amides is 1. The molecule has 0 aliphatic heterocycles. The van der Waals surface area contributed by atoms with Gasteiger partial charge in [0.05, 0.1) is 7.11 Å². The van der Waals surface area contributed by atoms with Gasteiger partial charge in [-0.1, -0.05) is 90.4 Å². The van der Waals surface area contributed by atoms with Crippen LogP contribution in [0.25, 0.3) is 0 Å².